The molecule has 3 heteroatoms. The second kappa shape index (κ2) is 5.15. The van der Waals surface area contributed by atoms with Crippen LogP contribution in [-0.2, 0) is 6.42 Å². The largest absolute Gasteiger partial charge is 0.388 e. The number of anilines is 1. The second-order valence-electron chi connectivity index (χ2n) is 6.07. The van der Waals surface area contributed by atoms with Crippen LogP contribution in [0.2, 0.25) is 0 Å². The molecule has 2 heterocycles. The number of aliphatic hydroxyl groups excluding tert-OH is 1. The summed E-state index contributed by atoms with van der Waals surface area (Å²) in [7, 11) is 0. The number of aliphatic hydroxyl groups is 1. The van der Waals surface area contributed by atoms with E-state index in [9.17, 15) is 5.11 Å². The number of rotatable bonds is 2. The predicted molar refractivity (Wildman–Crippen MR) is 84.4 cm³/mol. The van der Waals surface area contributed by atoms with E-state index in [4.69, 9.17) is 0 Å². The van der Waals surface area contributed by atoms with Gasteiger partial charge in [-0.1, -0.05) is 18.2 Å². The maximum Gasteiger partial charge on any atom is 0.128 e. The zero-order valence-corrected chi connectivity index (χ0v) is 12.1. The average molecular weight is 280 g/mol. The molecule has 1 atom stereocenters. The lowest BCUT2D eigenvalue weighted by atomic mass is 10.0. The Morgan fingerprint density at radius 1 is 1.05 bits per heavy atom. The molecule has 0 saturated carbocycles. The van der Waals surface area contributed by atoms with Crippen molar-refractivity contribution in [1.82, 2.24) is 4.98 Å². The molecule has 4 rings (SSSR count). The van der Waals surface area contributed by atoms with Crippen LogP contribution in [0.3, 0.4) is 0 Å². The molecule has 1 N–H and O–H groups in total. The zero-order chi connectivity index (χ0) is 14.2. The van der Waals surface area contributed by atoms with Gasteiger partial charge >= 0.3 is 0 Å². The topological polar surface area (TPSA) is 36.4 Å². The maximum atomic E-state index is 9.88. The first-order chi connectivity index (χ1) is 10.3. The number of pyridine rings is 1. The molecule has 1 aromatic carbocycles. The fraction of sp³-hybridized carbons (Fsp3) is 0.389. The number of nitrogens with zero attached hydrogens (tertiary/aromatic N) is 2. The monoisotopic (exact) mass is 280 g/mol. The number of fused-ring (bicyclic) bond motifs is 1. The third-order valence-corrected chi connectivity index (χ3v) is 4.70. The summed E-state index contributed by atoms with van der Waals surface area (Å²) >= 11 is 0. The van der Waals surface area contributed by atoms with Crippen molar-refractivity contribution >= 4 is 5.82 Å². The number of hydrogen-bond donors (Lipinski definition) is 1. The van der Waals surface area contributed by atoms with Crippen molar-refractivity contribution in [2.45, 2.75) is 31.8 Å². The highest BCUT2D eigenvalue weighted by Crippen LogP contribution is 2.34. The van der Waals surface area contributed by atoms with E-state index in [0.717, 1.165) is 42.9 Å². The van der Waals surface area contributed by atoms with Crippen molar-refractivity contribution < 1.29 is 5.11 Å². The third-order valence-electron chi connectivity index (χ3n) is 4.70. The summed E-state index contributed by atoms with van der Waals surface area (Å²) in [4.78, 5) is 6.97. The van der Waals surface area contributed by atoms with E-state index in [0.29, 0.717) is 0 Å². The van der Waals surface area contributed by atoms with Gasteiger partial charge in [0.05, 0.1) is 6.10 Å². The molecule has 3 nitrogen and oxygen atoms in total. The van der Waals surface area contributed by atoms with Gasteiger partial charge in [-0.15, -0.1) is 0 Å². The number of aromatic nitrogens is 1. The Hall–Kier alpha value is -1.87. The Balaban J connectivity index is 1.61. The molecule has 21 heavy (non-hydrogen) atoms. The minimum atomic E-state index is -0.273. The number of hydrogen-bond acceptors (Lipinski definition) is 3. The Morgan fingerprint density at radius 3 is 2.62 bits per heavy atom. The average Bonchev–Trinajstić information content (AvgIpc) is 3.18. The van der Waals surface area contributed by atoms with E-state index >= 15 is 0 Å². The highest BCUT2D eigenvalue weighted by molar-refractivity contribution is 5.66. The Kier molecular flexibility index (Phi) is 3.15. The van der Waals surface area contributed by atoms with E-state index in [-0.39, 0.29) is 6.10 Å². The SMILES string of the molecule is O[C@@H]1CCc2cc(-c3ccc(N4CCCC4)nc3)ccc21. The number of benzene rings is 1. The highest BCUT2D eigenvalue weighted by Gasteiger charge is 2.20. The van der Waals surface area contributed by atoms with Crippen LogP contribution in [-0.4, -0.2) is 23.2 Å². The van der Waals surface area contributed by atoms with Gasteiger partial charge in [-0.25, -0.2) is 4.98 Å². The summed E-state index contributed by atoms with van der Waals surface area (Å²) < 4.78 is 0. The maximum absolute atomic E-state index is 9.88. The van der Waals surface area contributed by atoms with Crippen LogP contribution < -0.4 is 4.90 Å². The van der Waals surface area contributed by atoms with Gasteiger partial charge < -0.3 is 10.0 Å². The summed E-state index contributed by atoms with van der Waals surface area (Å²) in [6.45, 7) is 2.26. The van der Waals surface area contributed by atoms with Crippen molar-refractivity contribution in [3.8, 4) is 11.1 Å². The molecule has 0 spiro atoms. The molecule has 1 saturated heterocycles. The van der Waals surface area contributed by atoms with Crippen molar-refractivity contribution in [3.05, 3.63) is 47.7 Å². The number of aryl methyl sites for hydroxylation is 1. The van der Waals surface area contributed by atoms with Gasteiger partial charge in [0.25, 0.3) is 0 Å². The van der Waals surface area contributed by atoms with Gasteiger partial charge in [-0.2, -0.15) is 0 Å². The molecule has 2 aromatic rings. The molecule has 1 aliphatic carbocycles. The van der Waals surface area contributed by atoms with Crippen molar-refractivity contribution in [3.63, 3.8) is 0 Å². The lowest BCUT2D eigenvalue weighted by Crippen LogP contribution is -2.18. The van der Waals surface area contributed by atoms with Crippen LogP contribution >= 0.6 is 0 Å². The Labute approximate surface area is 125 Å². The Morgan fingerprint density at radius 2 is 1.86 bits per heavy atom. The normalized spacial score (nSPS) is 20.8. The Bertz CT molecular complexity index is 645. The summed E-state index contributed by atoms with van der Waals surface area (Å²) in [5, 5.41) is 9.88. The molecular formula is C18H20N2O. The van der Waals surface area contributed by atoms with Gasteiger partial charge in [0, 0.05) is 24.8 Å². The first kappa shape index (κ1) is 12.8. The van der Waals surface area contributed by atoms with Crippen LogP contribution in [0.4, 0.5) is 5.82 Å². The van der Waals surface area contributed by atoms with Crippen LogP contribution in [0.25, 0.3) is 11.1 Å². The molecule has 1 aromatic heterocycles. The lowest BCUT2D eigenvalue weighted by molar-refractivity contribution is 0.180. The summed E-state index contributed by atoms with van der Waals surface area (Å²) in [6, 6.07) is 10.7. The van der Waals surface area contributed by atoms with Gasteiger partial charge in [0.1, 0.15) is 5.82 Å². The fourth-order valence-corrected chi connectivity index (χ4v) is 3.46. The van der Waals surface area contributed by atoms with E-state index in [1.807, 2.05) is 6.20 Å². The smallest absolute Gasteiger partial charge is 0.128 e. The molecule has 0 radical (unpaired) electrons. The first-order valence-corrected chi connectivity index (χ1v) is 7.83. The summed E-state index contributed by atoms with van der Waals surface area (Å²) in [5.74, 6) is 1.09. The van der Waals surface area contributed by atoms with E-state index in [1.165, 1.54) is 24.0 Å². The van der Waals surface area contributed by atoms with Crippen LogP contribution in [0, 0.1) is 0 Å². The van der Waals surface area contributed by atoms with Crippen molar-refractivity contribution in [1.29, 1.82) is 0 Å². The van der Waals surface area contributed by atoms with Gasteiger partial charge in [0.2, 0.25) is 0 Å². The molecule has 0 bridgehead atoms. The quantitative estimate of drug-likeness (QED) is 0.916. The van der Waals surface area contributed by atoms with Crippen LogP contribution in [0.5, 0.6) is 0 Å². The van der Waals surface area contributed by atoms with Gasteiger partial charge in [0.15, 0.2) is 0 Å². The van der Waals surface area contributed by atoms with Crippen molar-refractivity contribution in [2.75, 3.05) is 18.0 Å². The standard InChI is InChI=1S/C18H20N2O/c21-17-7-4-14-11-13(3-6-16(14)17)15-5-8-18(19-12-15)20-9-1-2-10-20/h3,5-6,8,11-12,17,21H,1-2,4,7,9-10H2/t17-/m1/s1. The molecule has 1 fully saturated rings. The first-order valence-electron chi connectivity index (χ1n) is 7.83. The van der Waals surface area contributed by atoms with E-state index < -0.39 is 0 Å². The van der Waals surface area contributed by atoms with Gasteiger partial charge in [-0.05, 0) is 54.5 Å². The minimum Gasteiger partial charge on any atom is -0.388 e. The van der Waals surface area contributed by atoms with Crippen LogP contribution in [0.1, 0.15) is 36.5 Å². The molecule has 2 aliphatic rings. The van der Waals surface area contributed by atoms with Crippen LogP contribution in [0.15, 0.2) is 36.5 Å². The molecule has 1 aliphatic heterocycles. The molecule has 108 valence electrons. The van der Waals surface area contributed by atoms with Crippen molar-refractivity contribution in [2.24, 2.45) is 0 Å². The second-order valence-corrected chi connectivity index (χ2v) is 6.07. The molecule has 0 unspecified atom stereocenters. The molecular weight excluding hydrogens is 260 g/mol. The van der Waals surface area contributed by atoms with E-state index in [1.54, 1.807) is 0 Å². The third kappa shape index (κ3) is 2.32. The minimum absolute atomic E-state index is 0.273. The summed E-state index contributed by atoms with van der Waals surface area (Å²) in [6.07, 6.45) is 6.08. The lowest BCUT2D eigenvalue weighted by Gasteiger charge is -2.16. The highest BCUT2D eigenvalue weighted by atomic mass is 16.3. The molecule has 0 amide bonds. The summed E-state index contributed by atoms with van der Waals surface area (Å²) in [5.41, 5.74) is 4.73. The zero-order valence-electron chi connectivity index (χ0n) is 12.1. The van der Waals surface area contributed by atoms with Gasteiger partial charge in [-0.3, -0.25) is 0 Å². The van der Waals surface area contributed by atoms with E-state index in [2.05, 4.69) is 40.2 Å². The fourth-order valence-electron chi connectivity index (χ4n) is 3.46. The predicted octanol–water partition coefficient (Wildman–Crippen LogP) is 3.33.